The number of esters is 1. The fourth-order valence-corrected chi connectivity index (χ4v) is 2.97. The maximum atomic E-state index is 12.8. The van der Waals surface area contributed by atoms with E-state index in [0.29, 0.717) is 16.9 Å². The van der Waals surface area contributed by atoms with Gasteiger partial charge in [0.1, 0.15) is 10.7 Å². The zero-order valence-corrected chi connectivity index (χ0v) is 16.5. The van der Waals surface area contributed by atoms with Crippen LogP contribution in [0.2, 0.25) is 0 Å². The molecule has 0 spiro atoms. The molecule has 0 saturated heterocycles. The van der Waals surface area contributed by atoms with Crippen molar-refractivity contribution in [3.05, 3.63) is 69.9 Å². The van der Waals surface area contributed by atoms with E-state index in [-0.39, 0.29) is 17.3 Å². The Kier molecular flexibility index (Phi) is 5.51. The van der Waals surface area contributed by atoms with Crippen molar-refractivity contribution in [1.29, 1.82) is 0 Å². The van der Waals surface area contributed by atoms with E-state index in [1.807, 2.05) is 19.9 Å². The average molecular weight is 399 g/mol. The minimum Gasteiger partial charge on any atom is -0.462 e. The van der Waals surface area contributed by atoms with Crippen molar-refractivity contribution in [3.8, 4) is 0 Å². The van der Waals surface area contributed by atoms with Crippen molar-refractivity contribution in [2.24, 2.45) is 0 Å². The Bertz CT molecular complexity index is 996. The molecule has 0 fully saturated rings. The van der Waals surface area contributed by atoms with Crippen LogP contribution in [0.3, 0.4) is 0 Å². The number of amides is 2. The van der Waals surface area contributed by atoms with Gasteiger partial charge in [0.25, 0.3) is 11.8 Å². The van der Waals surface area contributed by atoms with Crippen molar-refractivity contribution >= 4 is 40.8 Å². The van der Waals surface area contributed by atoms with Gasteiger partial charge in [0.15, 0.2) is 0 Å². The van der Waals surface area contributed by atoms with E-state index in [1.165, 1.54) is 0 Å². The van der Waals surface area contributed by atoms with Gasteiger partial charge in [-0.3, -0.25) is 9.59 Å². The maximum Gasteiger partial charge on any atom is 0.338 e. The fourth-order valence-electron chi connectivity index (χ4n) is 2.76. The summed E-state index contributed by atoms with van der Waals surface area (Å²) in [5.74, 6) is -1.55. The molecule has 0 aromatic heterocycles. The highest BCUT2D eigenvalue weighted by atomic mass is 35.5. The highest BCUT2D eigenvalue weighted by Gasteiger charge is 2.39. The van der Waals surface area contributed by atoms with Crippen LogP contribution in [-0.4, -0.2) is 24.4 Å². The molecule has 7 heteroatoms. The van der Waals surface area contributed by atoms with Gasteiger partial charge in [-0.2, -0.15) is 0 Å². The van der Waals surface area contributed by atoms with Gasteiger partial charge in [-0.15, -0.1) is 0 Å². The molecule has 2 aromatic rings. The first kappa shape index (κ1) is 19.6. The molecule has 1 heterocycles. The lowest BCUT2D eigenvalue weighted by molar-refractivity contribution is -0.120. The number of hydrogen-bond donors (Lipinski definition) is 1. The number of halogens is 1. The molecular weight excluding hydrogens is 380 g/mol. The minimum atomic E-state index is -0.583. The van der Waals surface area contributed by atoms with Gasteiger partial charge in [-0.25, -0.2) is 9.69 Å². The molecule has 0 aliphatic carbocycles. The number of benzene rings is 2. The van der Waals surface area contributed by atoms with E-state index in [0.717, 1.165) is 16.0 Å². The highest BCUT2D eigenvalue weighted by molar-refractivity contribution is 6.53. The number of aryl methyl sites for hydroxylation is 2. The monoisotopic (exact) mass is 398 g/mol. The van der Waals surface area contributed by atoms with Gasteiger partial charge in [0.2, 0.25) is 0 Å². The summed E-state index contributed by atoms with van der Waals surface area (Å²) in [5, 5.41) is 2.70. The van der Waals surface area contributed by atoms with Gasteiger partial charge in [-0.1, -0.05) is 17.7 Å². The number of nitrogens with one attached hydrogen (secondary N) is 1. The van der Waals surface area contributed by atoms with E-state index in [1.54, 1.807) is 43.3 Å². The summed E-state index contributed by atoms with van der Waals surface area (Å²) < 4.78 is 4.94. The summed E-state index contributed by atoms with van der Waals surface area (Å²) in [4.78, 5) is 38.1. The number of carbonyl (C=O) groups excluding carboxylic acids is 3. The standard InChI is InChI=1S/C21H19ClN2O4/c1-4-28-21(27)14-6-8-15(9-7-14)23-18-17(22)19(25)24(20(18)26)16-10-5-12(2)13(3)11-16/h5-11,23H,4H2,1-3H3. The Hall–Kier alpha value is -3.12. The number of rotatable bonds is 5. The molecule has 2 aromatic carbocycles. The highest BCUT2D eigenvalue weighted by Crippen LogP contribution is 2.31. The van der Waals surface area contributed by atoms with Crippen molar-refractivity contribution in [2.75, 3.05) is 16.8 Å². The van der Waals surface area contributed by atoms with Crippen molar-refractivity contribution in [1.82, 2.24) is 0 Å². The number of anilines is 2. The van der Waals surface area contributed by atoms with Gasteiger partial charge in [0, 0.05) is 5.69 Å². The summed E-state index contributed by atoms with van der Waals surface area (Å²) >= 11 is 6.14. The van der Waals surface area contributed by atoms with Gasteiger partial charge >= 0.3 is 5.97 Å². The Morgan fingerprint density at radius 3 is 2.32 bits per heavy atom. The Labute approximate surface area is 167 Å². The fraction of sp³-hybridized carbons (Fsp3) is 0.190. The molecular formula is C21H19ClN2O4. The summed E-state index contributed by atoms with van der Waals surface area (Å²) in [6, 6.07) is 11.7. The van der Waals surface area contributed by atoms with Crippen LogP contribution in [-0.2, 0) is 14.3 Å². The lowest BCUT2D eigenvalue weighted by atomic mass is 10.1. The second-order valence-corrected chi connectivity index (χ2v) is 6.70. The average Bonchev–Trinajstić information content (AvgIpc) is 2.88. The molecule has 0 radical (unpaired) electrons. The molecule has 3 rings (SSSR count). The predicted molar refractivity (Wildman–Crippen MR) is 107 cm³/mol. The molecule has 6 nitrogen and oxygen atoms in total. The van der Waals surface area contributed by atoms with Crippen LogP contribution in [0.15, 0.2) is 53.2 Å². The van der Waals surface area contributed by atoms with E-state index in [4.69, 9.17) is 16.3 Å². The smallest absolute Gasteiger partial charge is 0.338 e. The lowest BCUT2D eigenvalue weighted by Crippen LogP contribution is -2.32. The van der Waals surface area contributed by atoms with Crippen LogP contribution >= 0.6 is 11.6 Å². The van der Waals surface area contributed by atoms with Crippen LogP contribution in [0.5, 0.6) is 0 Å². The number of nitrogens with zero attached hydrogens (tertiary/aromatic N) is 1. The number of imide groups is 1. The van der Waals surface area contributed by atoms with Crippen LogP contribution < -0.4 is 10.2 Å². The summed E-state index contributed by atoms with van der Waals surface area (Å²) in [6.45, 7) is 5.87. The van der Waals surface area contributed by atoms with Gasteiger partial charge in [0.05, 0.1) is 17.9 Å². The van der Waals surface area contributed by atoms with E-state index in [9.17, 15) is 14.4 Å². The minimum absolute atomic E-state index is 0.00576. The molecule has 2 amide bonds. The zero-order chi connectivity index (χ0) is 20.4. The first-order chi connectivity index (χ1) is 13.3. The first-order valence-electron chi connectivity index (χ1n) is 8.73. The molecule has 0 atom stereocenters. The molecule has 1 aliphatic heterocycles. The van der Waals surface area contributed by atoms with E-state index >= 15 is 0 Å². The van der Waals surface area contributed by atoms with Gasteiger partial charge in [-0.05, 0) is 68.3 Å². The quantitative estimate of drug-likeness (QED) is 0.610. The number of carbonyl (C=O) groups is 3. The number of ether oxygens (including phenoxy) is 1. The van der Waals surface area contributed by atoms with Crippen LogP contribution in [0.25, 0.3) is 0 Å². The van der Waals surface area contributed by atoms with Crippen LogP contribution in [0.4, 0.5) is 11.4 Å². The third-order valence-corrected chi connectivity index (χ3v) is 4.79. The van der Waals surface area contributed by atoms with Crippen LogP contribution in [0.1, 0.15) is 28.4 Å². The van der Waals surface area contributed by atoms with Gasteiger partial charge < -0.3 is 10.1 Å². The van der Waals surface area contributed by atoms with Crippen molar-refractivity contribution in [3.63, 3.8) is 0 Å². The van der Waals surface area contributed by atoms with Crippen molar-refractivity contribution in [2.45, 2.75) is 20.8 Å². The first-order valence-corrected chi connectivity index (χ1v) is 9.11. The molecule has 0 saturated carbocycles. The summed E-state index contributed by atoms with van der Waals surface area (Å²) in [5.41, 5.74) is 3.38. The second-order valence-electron chi connectivity index (χ2n) is 6.33. The zero-order valence-electron chi connectivity index (χ0n) is 15.7. The third-order valence-electron chi connectivity index (χ3n) is 4.44. The predicted octanol–water partition coefficient (Wildman–Crippen LogP) is 3.92. The molecule has 0 bridgehead atoms. The molecule has 0 unspecified atom stereocenters. The normalized spacial score (nSPS) is 13.9. The summed E-state index contributed by atoms with van der Waals surface area (Å²) in [7, 11) is 0. The summed E-state index contributed by atoms with van der Waals surface area (Å²) in [6.07, 6.45) is 0. The number of hydrogen-bond acceptors (Lipinski definition) is 5. The van der Waals surface area contributed by atoms with E-state index < -0.39 is 17.8 Å². The molecule has 1 aliphatic rings. The Balaban J connectivity index is 1.82. The third kappa shape index (κ3) is 3.64. The van der Waals surface area contributed by atoms with Crippen LogP contribution in [0, 0.1) is 13.8 Å². The molecule has 28 heavy (non-hydrogen) atoms. The second kappa shape index (κ2) is 7.86. The van der Waals surface area contributed by atoms with E-state index in [2.05, 4.69) is 5.32 Å². The lowest BCUT2D eigenvalue weighted by Gasteiger charge is -2.16. The Morgan fingerprint density at radius 1 is 1.04 bits per heavy atom. The molecule has 144 valence electrons. The maximum absolute atomic E-state index is 12.8. The topological polar surface area (TPSA) is 75.7 Å². The van der Waals surface area contributed by atoms with Crippen molar-refractivity contribution < 1.29 is 19.1 Å². The SMILES string of the molecule is CCOC(=O)c1ccc(NC2=C(Cl)C(=O)N(c3ccc(C)c(C)c3)C2=O)cc1. The Morgan fingerprint density at radius 2 is 1.71 bits per heavy atom. The largest absolute Gasteiger partial charge is 0.462 e. The molecule has 1 N–H and O–H groups in total.